The molecule has 3 aromatic rings. The molecule has 0 spiro atoms. The van der Waals surface area contributed by atoms with Gasteiger partial charge in [-0.15, -0.1) is 10.2 Å². The number of carbonyl (C=O) groups is 1. The maximum absolute atomic E-state index is 13.2. The van der Waals surface area contributed by atoms with Crippen LogP contribution < -0.4 is 0 Å². The molecule has 176 valence electrons. The van der Waals surface area contributed by atoms with Crippen LogP contribution in [-0.2, 0) is 18.9 Å². The van der Waals surface area contributed by atoms with Crippen molar-refractivity contribution >= 4 is 17.5 Å². The lowest BCUT2D eigenvalue weighted by Crippen LogP contribution is -2.32. The zero-order chi connectivity index (χ0) is 24.4. The summed E-state index contributed by atoms with van der Waals surface area (Å²) in [5, 5.41) is 8.00. The average molecular weight is 492 g/mol. The number of aromatic nitrogens is 2. The maximum Gasteiger partial charge on any atom is 0.416 e. The van der Waals surface area contributed by atoms with Gasteiger partial charge in [-0.2, -0.15) is 26.3 Å². The smallest absolute Gasteiger partial charge is 0.416 e. The highest BCUT2D eigenvalue weighted by atomic mass is 35.5. The highest BCUT2D eigenvalue weighted by Gasteiger charge is 2.38. The van der Waals surface area contributed by atoms with Crippen LogP contribution in [-0.4, -0.2) is 27.5 Å². The zero-order valence-electron chi connectivity index (χ0n) is 17.0. The summed E-state index contributed by atoms with van der Waals surface area (Å²) in [6.07, 6.45) is -9.76. The van der Waals surface area contributed by atoms with E-state index >= 15 is 0 Å². The minimum Gasteiger partial charge on any atom is -0.419 e. The quantitative estimate of drug-likeness (QED) is 0.370. The summed E-state index contributed by atoms with van der Waals surface area (Å²) in [7, 11) is 0. The topological polar surface area (TPSA) is 59.2 Å². The lowest BCUT2D eigenvalue weighted by molar-refractivity contribution is -0.143. The Morgan fingerprint density at radius 3 is 2.15 bits per heavy atom. The number of rotatable bonds is 6. The van der Waals surface area contributed by atoms with Crippen LogP contribution in [0.25, 0.3) is 11.5 Å². The Morgan fingerprint density at radius 2 is 1.61 bits per heavy atom. The number of benzene rings is 2. The van der Waals surface area contributed by atoms with Crippen molar-refractivity contribution < 1.29 is 35.6 Å². The van der Waals surface area contributed by atoms with Gasteiger partial charge in [0.15, 0.2) is 0 Å². The van der Waals surface area contributed by atoms with Crippen LogP contribution in [0, 0.1) is 0 Å². The molecule has 5 nitrogen and oxygen atoms in total. The molecular formula is C21H16ClF6N3O2. The number of amides is 1. The van der Waals surface area contributed by atoms with Gasteiger partial charge in [0.2, 0.25) is 11.8 Å². The van der Waals surface area contributed by atoms with Gasteiger partial charge in [-0.25, -0.2) is 0 Å². The highest BCUT2D eigenvalue weighted by Crippen LogP contribution is 2.36. The Bertz CT molecular complexity index is 1110. The van der Waals surface area contributed by atoms with Crippen LogP contribution >= 0.6 is 11.6 Å². The Labute approximate surface area is 189 Å². The van der Waals surface area contributed by atoms with Crippen LogP contribution in [0.15, 0.2) is 46.9 Å². The molecule has 2 aromatic carbocycles. The van der Waals surface area contributed by atoms with Crippen molar-refractivity contribution in [2.45, 2.75) is 32.2 Å². The van der Waals surface area contributed by atoms with E-state index in [2.05, 4.69) is 10.2 Å². The Hall–Kier alpha value is -3.08. The van der Waals surface area contributed by atoms with Gasteiger partial charge in [-0.3, -0.25) is 4.79 Å². The van der Waals surface area contributed by atoms with Crippen molar-refractivity contribution in [3.05, 3.63) is 70.1 Å². The molecule has 12 heteroatoms. The molecular weight excluding hydrogens is 476 g/mol. The van der Waals surface area contributed by atoms with E-state index in [0.717, 1.165) is 4.90 Å². The van der Waals surface area contributed by atoms with Crippen molar-refractivity contribution in [2.24, 2.45) is 0 Å². The molecule has 0 bridgehead atoms. The molecule has 0 saturated carbocycles. The van der Waals surface area contributed by atoms with Crippen LogP contribution in [0.5, 0.6) is 0 Å². The molecule has 0 unspecified atom stereocenters. The van der Waals surface area contributed by atoms with E-state index in [1.165, 1.54) is 0 Å². The molecule has 0 radical (unpaired) electrons. The van der Waals surface area contributed by atoms with Gasteiger partial charge in [0.25, 0.3) is 5.91 Å². The summed E-state index contributed by atoms with van der Waals surface area (Å²) in [5.41, 5.74) is -3.47. The second-order valence-electron chi connectivity index (χ2n) is 7.00. The zero-order valence-corrected chi connectivity index (χ0v) is 17.7. The maximum atomic E-state index is 13.2. The molecule has 3 rings (SSSR count). The van der Waals surface area contributed by atoms with Gasteiger partial charge >= 0.3 is 12.4 Å². The lowest BCUT2D eigenvalue weighted by atomic mass is 10.0. The SMILES string of the molecule is CCCN(Cc1nnc(-c2ccccc2Cl)o1)C(=O)c1cc(C(F)(F)F)cc(C(F)(F)F)c1. The Morgan fingerprint density at radius 1 is 1.00 bits per heavy atom. The van der Waals surface area contributed by atoms with Crippen LogP contribution in [0.3, 0.4) is 0 Å². The third kappa shape index (κ3) is 5.84. The number of alkyl halides is 6. The van der Waals surface area contributed by atoms with Gasteiger partial charge in [-0.05, 0) is 36.8 Å². The van der Waals surface area contributed by atoms with Crippen molar-refractivity contribution in [3.8, 4) is 11.5 Å². The normalized spacial score (nSPS) is 12.1. The van der Waals surface area contributed by atoms with E-state index in [1.807, 2.05) is 0 Å². The van der Waals surface area contributed by atoms with Crippen molar-refractivity contribution in [1.82, 2.24) is 15.1 Å². The molecule has 1 aromatic heterocycles. The minimum absolute atomic E-state index is 0.0280. The summed E-state index contributed by atoms with van der Waals surface area (Å²) in [4.78, 5) is 13.9. The van der Waals surface area contributed by atoms with Crippen LogP contribution in [0.2, 0.25) is 5.02 Å². The van der Waals surface area contributed by atoms with Gasteiger partial charge in [-0.1, -0.05) is 30.7 Å². The van der Waals surface area contributed by atoms with E-state index in [9.17, 15) is 31.1 Å². The first-order valence-corrected chi connectivity index (χ1v) is 9.94. The van der Waals surface area contributed by atoms with E-state index < -0.39 is 35.0 Å². The fraction of sp³-hybridized carbons (Fsp3) is 0.286. The molecule has 0 N–H and O–H groups in total. The van der Waals surface area contributed by atoms with E-state index in [1.54, 1.807) is 31.2 Å². The minimum atomic E-state index is -5.07. The average Bonchev–Trinajstić information content (AvgIpc) is 3.20. The molecule has 0 fully saturated rings. The van der Waals surface area contributed by atoms with Gasteiger partial charge in [0.05, 0.1) is 28.3 Å². The number of carbonyl (C=O) groups excluding carboxylic acids is 1. The van der Waals surface area contributed by atoms with Crippen LogP contribution in [0.1, 0.15) is 40.7 Å². The van der Waals surface area contributed by atoms with E-state index in [-0.39, 0.29) is 30.9 Å². The van der Waals surface area contributed by atoms with E-state index in [0.29, 0.717) is 29.1 Å². The van der Waals surface area contributed by atoms with Gasteiger partial charge in [0.1, 0.15) is 0 Å². The highest BCUT2D eigenvalue weighted by molar-refractivity contribution is 6.33. The fourth-order valence-electron chi connectivity index (χ4n) is 3.01. The molecule has 0 saturated heterocycles. The van der Waals surface area contributed by atoms with Crippen LogP contribution in [0.4, 0.5) is 26.3 Å². The lowest BCUT2D eigenvalue weighted by Gasteiger charge is -2.22. The van der Waals surface area contributed by atoms with Gasteiger partial charge < -0.3 is 9.32 Å². The number of nitrogens with zero attached hydrogens (tertiary/aromatic N) is 3. The summed E-state index contributed by atoms with van der Waals surface area (Å²) in [5.74, 6) is -1.04. The molecule has 0 aliphatic rings. The first-order chi connectivity index (χ1) is 15.4. The van der Waals surface area contributed by atoms with Crippen molar-refractivity contribution in [3.63, 3.8) is 0 Å². The molecule has 0 atom stereocenters. The predicted molar refractivity (Wildman–Crippen MR) is 106 cm³/mol. The standard InChI is InChI=1S/C21H16ClF6N3O2/c1-2-7-31(11-17-29-30-18(33-17)15-5-3-4-6-16(15)22)19(32)12-8-13(20(23,24)25)10-14(9-12)21(26,27)28/h3-6,8-10H,2,7,11H2,1H3. The third-order valence-electron chi connectivity index (χ3n) is 4.51. The summed E-state index contributed by atoms with van der Waals surface area (Å²) in [6, 6.07) is 7.34. The summed E-state index contributed by atoms with van der Waals surface area (Å²) in [6.45, 7) is 1.40. The van der Waals surface area contributed by atoms with Gasteiger partial charge in [0, 0.05) is 12.1 Å². The first kappa shape index (κ1) is 24.6. The monoisotopic (exact) mass is 491 g/mol. The first-order valence-electron chi connectivity index (χ1n) is 9.56. The molecule has 1 heterocycles. The fourth-order valence-corrected chi connectivity index (χ4v) is 3.22. The third-order valence-corrected chi connectivity index (χ3v) is 4.84. The predicted octanol–water partition coefficient (Wildman–Crippen LogP) is 6.48. The Balaban J connectivity index is 1.93. The number of hydrogen-bond acceptors (Lipinski definition) is 4. The van der Waals surface area contributed by atoms with E-state index in [4.69, 9.17) is 16.0 Å². The number of halogens is 7. The Kier molecular flexibility index (Phi) is 7.01. The molecule has 0 aliphatic heterocycles. The molecule has 1 amide bonds. The summed E-state index contributed by atoms with van der Waals surface area (Å²) >= 11 is 6.08. The largest absolute Gasteiger partial charge is 0.419 e. The number of hydrogen-bond donors (Lipinski definition) is 0. The summed E-state index contributed by atoms with van der Waals surface area (Å²) < 4.78 is 84.4. The molecule has 33 heavy (non-hydrogen) atoms. The van der Waals surface area contributed by atoms with Crippen molar-refractivity contribution in [1.29, 1.82) is 0 Å². The molecule has 0 aliphatic carbocycles. The second-order valence-corrected chi connectivity index (χ2v) is 7.41. The van der Waals surface area contributed by atoms with Crippen molar-refractivity contribution in [2.75, 3.05) is 6.54 Å². The second kappa shape index (κ2) is 9.42.